The third kappa shape index (κ3) is 8.89. The number of hydrogen-bond donors (Lipinski definition) is 3. The molecule has 0 saturated heterocycles. The molecule has 0 radical (unpaired) electrons. The van der Waals surface area contributed by atoms with E-state index in [-0.39, 0.29) is 29.1 Å². The van der Waals surface area contributed by atoms with Crippen molar-refractivity contribution in [3.05, 3.63) is 34.8 Å². The van der Waals surface area contributed by atoms with Crippen LogP contribution in [0.25, 0.3) is 0 Å². The normalized spacial score (nSPS) is 23.7. The molecule has 0 bridgehead atoms. The highest BCUT2D eigenvalue weighted by Gasteiger charge is 2.45. The van der Waals surface area contributed by atoms with Crippen molar-refractivity contribution >= 4 is 11.8 Å². The fourth-order valence-corrected chi connectivity index (χ4v) is 4.24. The molecule has 0 spiro atoms. The molecule has 0 aliphatic heterocycles. The summed E-state index contributed by atoms with van der Waals surface area (Å²) < 4.78 is 16.2. The Bertz CT molecular complexity index is 780. The van der Waals surface area contributed by atoms with E-state index in [1.807, 2.05) is 20.8 Å². The first kappa shape index (κ1) is 29.9. The number of Topliss-reactive ketones (excluding diaryl/α,β-unsaturated/α-hetero) is 1. The second-order valence-electron chi connectivity index (χ2n) is 9.31. The molecule has 8 heteroatoms. The Labute approximate surface area is 203 Å². The number of hydrogen-bond acceptors (Lipinski definition) is 8. The zero-order valence-electron chi connectivity index (χ0n) is 21.5. The zero-order chi connectivity index (χ0) is 26.0. The summed E-state index contributed by atoms with van der Waals surface area (Å²) in [4.78, 5) is 24.5. The first-order valence-electron chi connectivity index (χ1n) is 11.8. The lowest BCUT2D eigenvalue weighted by Gasteiger charge is -2.35. The van der Waals surface area contributed by atoms with E-state index in [9.17, 15) is 14.7 Å². The second-order valence-corrected chi connectivity index (χ2v) is 9.31. The summed E-state index contributed by atoms with van der Waals surface area (Å²) in [5.41, 5.74) is 2.19. The highest BCUT2D eigenvalue weighted by Crippen LogP contribution is 2.37. The van der Waals surface area contributed by atoms with Crippen molar-refractivity contribution in [2.24, 2.45) is 17.8 Å². The van der Waals surface area contributed by atoms with Crippen LogP contribution in [0, 0.1) is 17.8 Å². The number of aliphatic hydroxyl groups is 3. The number of ketones is 1. The van der Waals surface area contributed by atoms with Crippen molar-refractivity contribution in [2.75, 3.05) is 14.2 Å². The number of carbonyl (C=O) groups is 2. The average Bonchev–Trinajstić information content (AvgIpc) is 2.74. The van der Waals surface area contributed by atoms with Crippen LogP contribution in [0.5, 0.6) is 0 Å². The fourth-order valence-electron chi connectivity index (χ4n) is 4.24. The van der Waals surface area contributed by atoms with Gasteiger partial charge in [0.15, 0.2) is 18.2 Å². The molecule has 0 heterocycles. The Morgan fingerprint density at radius 3 is 2.24 bits per heavy atom. The molecule has 1 aliphatic carbocycles. The van der Waals surface area contributed by atoms with E-state index in [0.717, 1.165) is 24.0 Å². The molecule has 34 heavy (non-hydrogen) atoms. The molecule has 194 valence electrons. The van der Waals surface area contributed by atoms with Crippen LogP contribution >= 0.6 is 0 Å². The average molecular weight is 483 g/mol. The summed E-state index contributed by atoms with van der Waals surface area (Å²) in [6.45, 7) is 8.80. The Morgan fingerprint density at radius 1 is 1.06 bits per heavy atom. The molecule has 0 aromatic heterocycles. The first-order valence-corrected chi connectivity index (χ1v) is 11.8. The summed E-state index contributed by atoms with van der Waals surface area (Å²) in [5, 5.41) is 28.4. The Morgan fingerprint density at radius 2 is 1.71 bits per heavy atom. The van der Waals surface area contributed by atoms with Crippen molar-refractivity contribution in [1.29, 1.82) is 0 Å². The standard InChI is InChI=1S/C26H42O8/c1-15(9-8-10-16(2)13-20(28)14-17(3)26(30)31)11-12-21-18(4)22(29)24(32-6)25(33-7)23(21)34-19(5)27/h10-11,17-18,20-21,23,26,28,30-31H,8-9,12-14H2,1-7H3. The van der Waals surface area contributed by atoms with Gasteiger partial charge in [0.25, 0.3) is 0 Å². The van der Waals surface area contributed by atoms with Crippen LogP contribution in [-0.2, 0) is 23.8 Å². The minimum absolute atomic E-state index is 0.101. The number of methoxy groups -OCH3 is 2. The molecular weight excluding hydrogens is 440 g/mol. The lowest BCUT2D eigenvalue weighted by atomic mass is 9.77. The van der Waals surface area contributed by atoms with Gasteiger partial charge < -0.3 is 29.5 Å². The largest absolute Gasteiger partial charge is 0.493 e. The molecule has 0 amide bonds. The van der Waals surface area contributed by atoms with Crippen molar-refractivity contribution in [3.63, 3.8) is 0 Å². The van der Waals surface area contributed by atoms with E-state index < -0.39 is 30.4 Å². The molecule has 5 atom stereocenters. The number of esters is 1. The molecule has 0 aromatic carbocycles. The number of ether oxygens (including phenoxy) is 3. The summed E-state index contributed by atoms with van der Waals surface area (Å²) in [6, 6.07) is 0. The van der Waals surface area contributed by atoms with Gasteiger partial charge in [0.1, 0.15) is 0 Å². The van der Waals surface area contributed by atoms with Crippen LogP contribution in [0.2, 0.25) is 0 Å². The topological polar surface area (TPSA) is 123 Å². The molecule has 0 fully saturated rings. The number of allylic oxidation sites excluding steroid dienone is 4. The minimum Gasteiger partial charge on any atom is -0.493 e. The van der Waals surface area contributed by atoms with E-state index in [4.69, 9.17) is 24.4 Å². The van der Waals surface area contributed by atoms with Gasteiger partial charge in [-0.15, -0.1) is 0 Å². The lowest BCUT2D eigenvalue weighted by molar-refractivity contribution is -0.153. The van der Waals surface area contributed by atoms with E-state index >= 15 is 0 Å². The molecule has 0 saturated carbocycles. The van der Waals surface area contributed by atoms with Crippen LogP contribution < -0.4 is 0 Å². The Kier molecular flexibility index (Phi) is 12.6. The molecule has 1 aliphatic rings. The van der Waals surface area contributed by atoms with E-state index in [2.05, 4.69) is 12.2 Å². The second kappa shape index (κ2) is 14.3. The van der Waals surface area contributed by atoms with Crippen LogP contribution in [0.3, 0.4) is 0 Å². The van der Waals surface area contributed by atoms with E-state index in [1.165, 1.54) is 21.1 Å². The molecular formula is C26H42O8. The SMILES string of the molecule is COC1=C(OC)C(OC(C)=O)C(CC=C(C)CCC=C(C)CC(O)CC(C)C(O)O)C(C)C1=O. The van der Waals surface area contributed by atoms with E-state index in [1.54, 1.807) is 6.92 Å². The summed E-state index contributed by atoms with van der Waals surface area (Å²) in [7, 11) is 2.84. The van der Waals surface area contributed by atoms with Gasteiger partial charge in [-0.1, -0.05) is 37.1 Å². The molecule has 0 aromatic rings. The molecule has 1 rings (SSSR count). The quantitative estimate of drug-likeness (QED) is 0.207. The van der Waals surface area contributed by atoms with Gasteiger partial charge in [-0.3, -0.25) is 9.59 Å². The van der Waals surface area contributed by atoms with Crippen molar-refractivity contribution in [2.45, 2.75) is 85.2 Å². The van der Waals surface area contributed by atoms with Gasteiger partial charge in [0, 0.05) is 24.7 Å². The van der Waals surface area contributed by atoms with Gasteiger partial charge in [-0.05, 0) is 46.0 Å². The maximum absolute atomic E-state index is 12.8. The third-order valence-corrected chi connectivity index (χ3v) is 6.35. The zero-order valence-corrected chi connectivity index (χ0v) is 21.5. The van der Waals surface area contributed by atoms with Crippen LogP contribution in [-0.4, -0.2) is 59.8 Å². The monoisotopic (exact) mass is 482 g/mol. The van der Waals surface area contributed by atoms with Crippen molar-refractivity contribution in [3.8, 4) is 0 Å². The Hall–Kier alpha value is -2.16. The van der Waals surface area contributed by atoms with Crippen LogP contribution in [0.15, 0.2) is 34.8 Å². The maximum atomic E-state index is 12.8. The molecule has 3 N–H and O–H groups in total. The van der Waals surface area contributed by atoms with E-state index in [0.29, 0.717) is 19.3 Å². The highest BCUT2D eigenvalue weighted by atomic mass is 16.6. The predicted molar refractivity (Wildman–Crippen MR) is 128 cm³/mol. The lowest BCUT2D eigenvalue weighted by Crippen LogP contribution is -2.42. The molecule has 8 nitrogen and oxygen atoms in total. The van der Waals surface area contributed by atoms with Crippen LogP contribution in [0.4, 0.5) is 0 Å². The highest BCUT2D eigenvalue weighted by molar-refractivity contribution is 5.97. The number of carbonyl (C=O) groups excluding carboxylic acids is 2. The van der Waals surface area contributed by atoms with Gasteiger partial charge in [-0.25, -0.2) is 0 Å². The van der Waals surface area contributed by atoms with Crippen molar-refractivity contribution in [1.82, 2.24) is 0 Å². The fraction of sp³-hybridized carbons (Fsp3) is 0.692. The van der Waals surface area contributed by atoms with Gasteiger partial charge in [-0.2, -0.15) is 0 Å². The third-order valence-electron chi connectivity index (χ3n) is 6.35. The first-order chi connectivity index (χ1) is 15.9. The summed E-state index contributed by atoms with van der Waals surface area (Å²) in [6.07, 6.45) is 4.36. The minimum atomic E-state index is -1.43. The smallest absolute Gasteiger partial charge is 0.303 e. The van der Waals surface area contributed by atoms with Gasteiger partial charge in [0.2, 0.25) is 11.5 Å². The summed E-state index contributed by atoms with van der Waals surface area (Å²) >= 11 is 0. The van der Waals surface area contributed by atoms with Crippen molar-refractivity contribution < 1.29 is 39.1 Å². The summed E-state index contributed by atoms with van der Waals surface area (Å²) in [5.74, 6) is -1.32. The number of aliphatic hydroxyl groups excluding tert-OH is 2. The Balaban J connectivity index is 2.79. The van der Waals surface area contributed by atoms with Gasteiger partial charge in [0.05, 0.1) is 20.3 Å². The maximum Gasteiger partial charge on any atom is 0.303 e. The number of rotatable bonds is 13. The van der Waals surface area contributed by atoms with Crippen LogP contribution in [0.1, 0.15) is 66.7 Å². The van der Waals surface area contributed by atoms with Gasteiger partial charge >= 0.3 is 5.97 Å². The predicted octanol–water partition coefficient (Wildman–Crippen LogP) is 3.41. The molecule has 5 unspecified atom stereocenters.